The highest BCUT2D eigenvalue weighted by Crippen LogP contribution is 2.10. The van der Waals surface area contributed by atoms with Crippen LogP contribution in [-0.4, -0.2) is 5.78 Å². The number of carbonyl (C=O) groups is 1. The van der Waals surface area contributed by atoms with Crippen LogP contribution in [0.1, 0.15) is 84.5 Å². The summed E-state index contributed by atoms with van der Waals surface area (Å²) < 4.78 is 0. The van der Waals surface area contributed by atoms with Gasteiger partial charge in [0.05, 0.1) is 0 Å². The lowest BCUT2D eigenvalue weighted by atomic mass is 10.0. The molecule has 0 aliphatic rings. The summed E-state index contributed by atoms with van der Waals surface area (Å²) in [5.74, 6) is 0.363. The third kappa shape index (κ3) is 11.7. The van der Waals surface area contributed by atoms with Gasteiger partial charge in [-0.3, -0.25) is 4.79 Å². The number of hydrogen-bond donors (Lipinski definition) is 0. The van der Waals surface area contributed by atoms with Gasteiger partial charge in [0.2, 0.25) is 0 Å². The molecule has 16 heavy (non-hydrogen) atoms. The van der Waals surface area contributed by atoms with Crippen molar-refractivity contribution in [1.29, 1.82) is 0 Å². The number of hydrogen-bond acceptors (Lipinski definition) is 1. The minimum Gasteiger partial charge on any atom is -0.299 e. The van der Waals surface area contributed by atoms with E-state index in [-0.39, 0.29) is 0 Å². The first kappa shape index (κ1) is 15.7. The monoisotopic (exact) mass is 225 g/mol. The lowest BCUT2D eigenvalue weighted by molar-refractivity contribution is -0.116. The van der Waals surface area contributed by atoms with Crippen LogP contribution in [0.15, 0.2) is 0 Å². The van der Waals surface area contributed by atoms with Crippen LogP contribution in [-0.2, 0) is 4.79 Å². The second kappa shape index (κ2) is 12.7. The van der Waals surface area contributed by atoms with E-state index in [2.05, 4.69) is 13.8 Å². The van der Waals surface area contributed by atoms with Crippen molar-refractivity contribution in [1.82, 2.24) is 0 Å². The highest BCUT2D eigenvalue weighted by atomic mass is 16.1. The van der Waals surface area contributed by atoms with E-state index in [1.54, 1.807) is 0 Å². The van der Waals surface area contributed by atoms with E-state index in [1.165, 1.54) is 44.9 Å². The Morgan fingerprint density at radius 3 is 2.00 bits per heavy atom. The van der Waals surface area contributed by atoms with Crippen molar-refractivity contribution in [2.24, 2.45) is 0 Å². The summed E-state index contributed by atoms with van der Waals surface area (Å²) in [6.07, 6.45) is 15.0. The molecule has 0 amide bonds. The summed E-state index contributed by atoms with van der Waals surface area (Å²) in [5.41, 5.74) is 0. The van der Waals surface area contributed by atoms with Crippen molar-refractivity contribution in [3.8, 4) is 0 Å². The molecule has 0 unspecified atom stereocenters. The van der Waals surface area contributed by atoms with Gasteiger partial charge in [0.15, 0.2) is 0 Å². The molecule has 95 valence electrons. The summed E-state index contributed by atoms with van der Waals surface area (Å²) in [6.45, 7) is 4.40. The third-order valence-electron chi connectivity index (χ3n) is 2.96. The van der Waals surface area contributed by atoms with Crippen LogP contribution in [0.5, 0.6) is 0 Å². The van der Waals surface area contributed by atoms with Crippen molar-refractivity contribution >= 4 is 5.78 Å². The molecule has 1 heteroatoms. The smallest absolute Gasteiger partial charge is 0.136 e. The highest BCUT2D eigenvalue weighted by Gasteiger charge is 2.01. The average Bonchev–Trinajstić information content (AvgIpc) is 2.28. The number of Topliss-reactive ketones (excluding diaryl/α,β-unsaturated/α-hetero) is 1. The molecular weight excluding hydrogens is 196 g/mol. The van der Waals surface area contributed by atoms with Gasteiger partial charge in [-0.25, -0.2) is 0 Å². The van der Waals surface area contributed by atoms with Gasteiger partial charge in [-0.15, -0.1) is 0 Å². The lowest BCUT2D eigenvalue weighted by Gasteiger charge is -2.01. The second-order valence-electron chi connectivity index (χ2n) is 4.68. The Bertz CT molecular complexity index is 152. The van der Waals surface area contributed by atoms with Crippen LogP contribution in [0.25, 0.3) is 0 Å². The zero-order chi connectivity index (χ0) is 12.1. The van der Waals surface area contributed by atoms with Crippen molar-refractivity contribution in [3.05, 3.63) is 6.42 Å². The van der Waals surface area contributed by atoms with Crippen molar-refractivity contribution in [2.45, 2.75) is 84.5 Å². The van der Waals surface area contributed by atoms with Crippen molar-refractivity contribution < 1.29 is 4.79 Å². The molecule has 0 N–H and O–H groups in total. The molecule has 0 spiro atoms. The summed E-state index contributed by atoms with van der Waals surface area (Å²) in [5, 5.41) is 0. The largest absolute Gasteiger partial charge is 0.299 e. The van der Waals surface area contributed by atoms with Gasteiger partial charge >= 0.3 is 0 Å². The van der Waals surface area contributed by atoms with Gasteiger partial charge in [0.1, 0.15) is 5.78 Å². The Balaban J connectivity index is 3.09. The topological polar surface area (TPSA) is 17.1 Å². The molecule has 0 saturated heterocycles. The quantitative estimate of drug-likeness (QED) is 0.423. The number of ketones is 1. The predicted octanol–water partition coefficient (Wildman–Crippen LogP) is 5.09. The number of carbonyl (C=O) groups excluding carboxylic acids is 1. The number of rotatable bonds is 12. The summed E-state index contributed by atoms with van der Waals surface area (Å²) in [7, 11) is 0. The Labute approximate surface area is 102 Å². The highest BCUT2D eigenvalue weighted by molar-refractivity contribution is 5.86. The van der Waals surface area contributed by atoms with Gasteiger partial charge < -0.3 is 0 Å². The Morgan fingerprint density at radius 1 is 0.812 bits per heavy atom. The molecule has 0 aromatic carbocycles. The third-order valence-corrected chi connectivity index (χ3v) is 2.96. The average molecular weight is 225 g/mol. The first-order valence-electron chi connectivity index (χ1n) is 7.17. The number of unbranched alkanes of at least 4 members (excludes halogenated alkanes) is 8. The molecule has 0 aromatic rings. The van der Waals surface area contributed by atoms with E-state index in [9.17, 15) is 4.79 Å². The van der Waals surface area contributed by atoms with Gasteiger partial charge in [0.25, 0.3) is 0 Å². The molecule has 0 aromatic heterocycles. The molecule has 0 saturated carbocycles. The van der Waals surface area contributed by atoms with E-state index >= 15 is 0 Å². The first-order chi connectivity index (χ1) is 7.81. The fourth-order valence-electron chi connectivity index (χ4n) is 1.83. The molecule has 0 bridgehead atoms. The van der Waals surface area contributed by atoms with Crippen LogP contribution >= 0.6 is 0 Å². The fraction of sp³-hybridized carbons (Fsp3) is 0.867. The van der Waals surface area contributed by atoms with Crippen molar-refractivity contribution in [3.63, 3.8) is 0 Å². The summed E-state index contributed by atoms with van der Waals surface area (Å²) in [4.78, 5) is 11.4. The van der Waals surface area contributed by atoms with Crippen LogP contribution in [0, 0.1) is 6.42 Å². The second-order valence-corrected chi connectivity index (χ2v) is 4.68. The van der Waals surface area contributed by atoms with E-state index in [0.29, 0.717) is 5.78 Å². The normalized spacial score (nSPS) is 10.6. The Morgan fingerprint density at radius 2 is 1.38 bits per heavy atom. The first-order valence-corrected chi connectivity index (χ1v) is 7.17. The molecular formula is C15H29O. The van der Waals surface area contributed by atoms with Gasteiger partial charge in [-0.2, -0.15) is 0 Å². The van der Waals surface area contributed by atoms with E-state index < -0.39 is 0 Å². The molecule has 0 rings (SSSR count). The predicted molar refractivity (Wildman–Crippen MR) is 71.4 cm³/mol. The Kier molecular flexibility index (Phi) is 12.5. The van der Waals surface area contributed by atoms with Crippen LogP contribution in [0.3, 0.4) is 0 Å². The van der Waals surface area contributed by atoms with E-state index in [1.807, 2.05) is 6.42 Å². The van der Waals surface area contributed by atoms with Crippen LogP contribution < -0.4 is 0 Å². The standard InChI is InChI=1S/C15H29O/c1-3-5-7-8-9-10-12-14-15(16)13-11-6-4-2/h13H,3-12,14H2,1-2H3. The van der Waals surface area contributed by atoms with Gasteiger partial charge in [-0.1, -0.05) is 65.2 Å². The van der Waals surface area contributed by atoms with E-state index in [0.717, 1.165) is 25.7 Å². The maximum atomic E-state index is 11.4. The maximum absolute atomic E-state index is 11.4. The van der Waals surface area contributed by atoms with Crippen LogP contribution in [0.2, 0.25) is 0 Å². The molecule has 0 heterocycles. The maximum Gasteiger partial charge on any atom is 0.136 e. The lowest BCUT2D eigenvalue weighted by Crippen LogP contribution is -1.98. The molecule has 0 atom stereocenters. The van der Waals surface area contributed by atoms with Crippen molar-refractivity contribution in [2.75, 3.05) is 0 Å². The zero-order valence-electron chi connectivity index (χ0n) is 11.3. The van der Waals surface area contributed by atoms with Gasteiger partial charge in [-0.05, 0) is 12.8 Å². The fourth-order valence-corrected chi connectivity index (χ4v) is 1.83. The minimum absolute atomic E-state index is 0.363. The van der Waals surface area contributed by atoms with E-state index in [4.69, 9.17) is 0 Å². The minimum atomic E-state index is 0.363. The van der Waals surface area contributed by atoms with Gasteiger partial charge in [0, 0.05) is 12.8 Å². The molecule has 1 radical (unpaired) electrons. The summed E-state index contributed by atoms with van der Waals surface area (Å²) in [6, 6.07) is 0. The Hall–Kier alpha value is -0.330. The molecule has 1 nitrogen and oxygen atoms in total. The summed E-state index contributed by atoms with van der Waals surface area (Å²) >= 11 is 0. The van der Waals surface area contributed by atoms with Crippen LogP contribution in [0.4, 0.5) is 0 Å². The molecule has 0 aliphatic heterocycles. The molecule has 0 aliphatic carbocycles. The SMILES string of the molecule is CCCC[CH]C(=O)CCCCCCCCC. The molecule has 0 fully saturated rings. The zero-order valence-corrected chi connectivity index (χ0v) is 11.3.